The summed E-state index contributed by atoms with van der Waals surface area (Å²) in [6.07, 6.45) is 1.48. The number of hydrogen-bond acceptors (Lipinski definition) is 4. The molecule has 0 aliphatic heterocycles. The van der Waals surface area contributed by atoms with Gasteiger partial charge in [-0.2, -0.15) is 4.72 Å². The molecule has 6 nitrogen and oxygen atoms in total. The van der Waals surface area contributed by atoms with Crippen molar-refractivity contribution in [2.75, 3.05) is 0 Å². The maximum Gasteiger partial charge on any atom is 0.241 e. The Labute approximate surface area is 140 Å². The van der Waals surface area contributed by atoms with Crippen molar-refractivity contribution < 1.29 is 22.0 Å². The van der Waals surface area contributed by atoms with E-state index in [1.54, 1.807) is 26.0 Å². The van der Waals surface area contributed by atoms with Crippen LogP contribution in [0.2, 0.25) is 0 Å². The molecule has 0 aliphatic rings. The number of sulfonamides is 1. The Hall–Kier alpha value is -2.19. The van der Waals surface area contributed by atoms with Crippen molar-refractivity contribution in [3.63, 3.8) is 0 Å². The van der Waals surface area contributed by atoms with Crippen molar-refractivity contribution in [1.29, 1.82) is 0 Å². The van der Waals surface area contributed by atoms with Gasteiger partial charge in [-0.05, 0) is 42.3 Å². The van der Waals surface area contributed by atoms with Crippen molar-refractivity contribution >= 4 is 15.9 Å². The molecule has 0 radical (unpaired) electrons. The summed E-state index contributed by atoms with van der Waals surface area (Å²) in [5, 5.41) is 2.63. The van der Waals surface area contributed by atoms with Crippen LogP contribution in [0.3, 0.4) is 0 Å². The first kappa shape index (κ1) is 18.2. The van der Waals surface area contributed by atoms with E-state index in [1.165, 1.54) is 6.26 Å². The minimum Gasteiger partial charge on any atom is -0.467 e. The van der Waals surface area contributed by atoms with E-state index in [4.69, 9.17) is 4.42 Å². The van der Waals surface area contributed by atoms with Crippen molar-refractivity contribution in [3.8, 4) is 0 Å². The molecular weight excluding hydrogens is 335 g/mol. The molecule has 24 heavy (non-hydrogen) atoms. The van der Waals surface area contributed by atoms with Gasteiger partial charge < -0.3 is 9.73 Å². The smallest absolute Gasteiger partial charge is 0.241 e. The summed E-state index contributed by atoms with van der Waals surface area (Å²) in [5.41, 5.74) is 0. The third-order valence-corrected chi connectivity index (χ3v) is 4.83. The van der Waals surface area contributed by atoms with Crippen molar-refractivity contribution in [2.24, 2.45) is 5.92 Å². The first-order valence-electron chi connectivity index (χ1n) is 7.37. The molecule has 0 saturated carbocycles. The fraction of sp³-hybridized carbons (Fsp3) is 0.312. The molecule has 1 heterocycles. The highest BCUT2D eigenvalue weighted by Crippen LogP contribution is 2.13. The SMILES string of the molecule is CC(C)[C@H](NS(=O)(=O)c1ccc(F)cc1)C(=O)NCc1ccco1. The van der Waals surface area contributed by atoms with E-state index in [2.05, 4.69) is 10.0 Å². The van der Waals surface area contributed by atoms with Gasteiger partial charge in [-0.25, -0.2) is 12.8 Å². The lowest BCUT2D eigenvalue weighted by molar-refractivity contribution is -0.123. The van der Waals surface area contributed by atoms with E-state index < -0.39 is 27.8 Å². The number of amides is 1. The van der Waals surface area contributed by atoms with Crippen LogP contribution in [0.15, 0.2) is 52.0 Å². The minimum atomic E-state index is -3.94. The van der Waals surface area contributed by atoms with Crippen LogP contribution in [-0.4, -0.2) is 20.4 Å². The lowest BCUT2D eigenvalue weighted by Gasteiger charge is -2.21. The second kappa shape index (κ2) is 7.59. The topological polar surface area (TPSA) is 88.4 Å². The molecule has 130 valence electrons. The third kappa shape index (κ3) is 4.65. The van der Waals surface area contributed by atoms with Gasteiger partial charge in [0.15, 0.2) is 0 Å². The fourth-order valence-electron chi connectivity index (χ4n) is 2.04. The van der Waals surface area contributed by atoms with Crippen LogP contribution < -0.4 is 10.0 Å². The number of halogens is 1. The van der Waals surface area contributed by atoms with Gasteiger partial charge in [-0.3, -0.25) is 4.79 Å². The monoisotopic (exact) mass is 354 g/mol. The lowest BCUT2D eigenvalue weighted by Crippen LogP contribution is -2.49. The molecule has 0 unspecified atom stereocenters. The van der Waals surface area contributed by atoms with E-state index in [0.29, 0.717) is 5.76 Å². The van der Waals surface area contributed by atoms with Crippen LogP contribution in [0.1, 0.15) is 19.6 Å². The Morgan fingerprint density at radius 3 is 2.42 bits per heavy atom. The second-order valence-electron chi connectivity index (χ2n) is 5.59. The molecule has 8 heteroatoms. The number of benzene rings is 1. The quantitative estimate of drug-likeness (QED) is 0.796. The Balaban J connectivity index is 2.09. The standard InChI is InChI=1S/C16H19FN2O4S/c1-11(2)15(16(20)18-10-13-4-3-9-23-13)19-24(21,22)14-7-5-12(17)6-8-14/h3-9,11,15,19H,10H2,1-2H3,(H,18,20)/t15-/m0/s1. The normalized spacial score (nSPS) is 13.0. The van der Waals surface area contributed by atoms with E-state index >= 15 is 0 Å². The number of carbonyl (C=O) groups is 1. The molecule has 0 bridgehead atoms. The first-order valence-corrected chi connectivity index (χ1v) is 8.86. The van der Waals surface area contributed by atoms with Gasteiger partial charge in [0.05, 0.1) is 17.7 Å². The molecular formula is C16H19FN2O4S. The molecule has 1 amide bonds. The average Bonchev–Trinajstić information content (AvgIpc) is 3.04. The van der Waals surface area contributed by atoms with Gasteiger partial charge in [0.1, 0.15) is 17.6 Å². The molecule has 0 aliphatic carbocycles. The maximum absolute atomic E-state index is 12.9. The highest BCUT2D eigenvalue weighted by Gasteiger charge is 2.28. The van der Waals surface area contributed by atoms with Crippen molar-refractivity contribution in [3.05, 3.63) is 54.2 Å². The highest BCUT2D eigenvalue weighted by molar-refractivity contribution is 7.89. The van der Waals surface area contributed by atoms with Crippen LogP contribution in [0.5, 0.6) is 0 Å². The molecule has 1 aromatic carbocycles. The van der Waals surface area contributed by atoms with Gasteiger partial charge >= 0.3 is 0 Å². The van der Waals surface area contributed by atoms with Gasteiger partial charge in [-0.15, -0.1) is 0 Å². The number of hydrogen-bond donors (Lipinski definition) is 2. The average molecular weight is 354 g/mol. The molecule has 0 fully saturated rings. The number of nitrogens with one attached hydrogen (secondary N) is 2. The summed E-state index contributed by atoms with van der Waals surface area (Å²) in [7, 11) is -3.94. The molecule has 1 aromatic heterocycles. The van der Waals surface area contributed by atoms with Crippen LogP contribution in [0, 0.1) is 11.7 Å². The van der Waals surface area contributed by atoms with E-state index in [-0.39, 0.29) is 17.4 Å². The van der Waals surface area contributed by atoms with Gasteiger partial charge in [0, 0.05) is 0 Å². The summed E-state index contributed by atoms with van der Waals surface area (Å²) in [4.78, 5) is 12.2. The summed E-state index contributed by atoms with van der Waals surface area (Å²) in [6.45, 7) is 3.61. The third-order valence-electron chi connectivity index (χ3n) is 3.37. The predicted octanol–water partition coefficient (Wildman–Crippen LogP) is 2.04. The highest BCUT2D eigenvalue weighted by atomic mass is 32.2. The van der Waals surface area contributed by atoms with Gasteiger partial charge in [0.2, 0.25) is 15.9 Å². The van der Waals surface area contributed by atoms with Gasteiger partial charge in [-0.1, -0.05) is 13.8 Å². The summed E-state index contributed by atoms with van der Waals surface area (Å²) < 4.78 is 45.1. The van der Waals surface area contributed by atoms with E-state index in [0.717, 1.165) is 24.3 Å². The minimum absolute atomic E-state index is 0.103. The Morgan fingerprint density at radius 2 is 1.88 bits per heavy atom. The van der Waals surface area contributed by atoms with E-state index in [9.17, 15) is 17.6 Å². The second-order valence-corrected chi connectivity index (χ2v) is 7.31. The molecule has 2 aromatic rings. The van der Waals surface area contributed by atoms with Crippen molar-refractivity contribution in [2.45, 2.75) is 31.3 Å². The van der Waals surface area contributed by atoms with Crippen LogP contribution in [0.25, 0.3) is 0 Å². The fourth-order valence-corrected chi connectivity index (χ4v) is 3.38. The number of furan rings is 1. The van der Waals surface area contributed by atoms with Crippen LogP contribution in [0.4, 0.5) is 4.39 Å². The predicted molar refractivity (Wildman–Crippen MR) is 85.9 cm³/mol. The summed E-state index contributed by atoms with van der Waals surface area (Å²) in [5.74, 6) is -0.721. The molecule has 2 N–H and O–H groups in total. The summed E-state index contributed by atoms with van der Waals surface area (Å²) in [6, 6.07) is 6.83. The Kier molecular flexibility index (Phi) is 5.74. The first-order chi connectivity index (χ1) is 11.3. The maximum atomic E-state index is 12.9. The zero-order chi connectivity index (χ0) is 17.7. The summed E-state index contributed by atoms with van der Waals surface area (Å²) >= 11 is 0. The molecule has 2 rings (SSSR count). The number of rotatable bonds is 7. The van der Waals surface area contributed by atoms with E-state index in [1.807, 2.05) is 0 Å². The Bertz CT molecular complexity index is 771. The van der Waals surface area contributed by atoms with Crippen molar-refractivity contribution in [1.82, 2.24) is 10.0 Å². The molecule has 1 atom stereocenters. The zero-order valence-electron chi connectivity index (χ0n) is 13.3. The molecule has 0 saturated heterocycles. The molecule has 0 spiro atoms. The lowest BCUT2D eigenvalue weighted by atomic mass is 10.1. The Morgan fingerprint density at radius 1 is 1.21 bits per heavy atom. The van der Waals surface area contributed by atoms with Crippen LogP contribution >= 0.6 is 0 Å². The largest absolute Gasteiger partial charge is 0.467 e. The number of carbonyl (C=O) groups excluding carboxylic acids is 1. The zero-order valence-corrected chi connectivity index (χ0v) is 14.1. The van der Waals surface area contributed by atoms with Gasteiger partial charge in [0.25, 0.3) is 0 Å². The van der Waals surface area contributed by atoms with Crippen LogP contribution in [-0.2, 0) is 21.4 Å².